The van der Waals surface area contributed by atoms with E-state index in [9.17, 15) is 4.39 Å². The van der Waals surface area contributed by atoms with Gasteiger partial charge in [0.2, 0.25) is 0 Å². The van der Waals surface area contributed by atoms with Gasteiger partial charge in [-0.15, -0.1) is 0 Å². The molecule has 2 rings (SSSR count). The van der Waals surface area contributed by atoms with Gasteiger partial charge in [0.05, 0.1) is 7.11 Å². The Kier molecular flexibility index (Phi) is 3.89. The lowest BCUT2D eigenvalue weighted by Crippen LogP contribution is -2.40. The van der Waals surface area contributed by atoms with E-state index in [1.54, 1.807) is 19.2 Å². The molecule has 94 valence electrons. The van der Waals surface area contributed by atoms with Gasteiger partial charge in [-0.05, 0) is 43.6 Å². The number of alkyl halides is 1. The maximum atomic E-state index is 14.5. The van der Waals surface area contributed by atoms with Gasteiger partial charge in [0.15, 0.2) is 0 Å². The number of rotatable bonds is 3. The molecule has 1 N–H and O–H groups in total. The van der Waals surface area contributed by atoms with Crippen molar-refractivity contribution in [1.82, 2.24) is 5.32 Å². The van der Waals surface area contributed by atoms with Crippen molar-refractivity contribution in [3.05, 3.63) is 28.8 Å². The number of methoxy groups -OCH3 is 1. The fourth-order valence-electron chi connectivity index (χ4n) is 2.26. The van der Waals surface area contributed by atoms with Crippen LogP contribution < -0.4 is 10.1 Å². The summed E-state index contributed by atoms with van der Waals surface area (Å²) in [5.74, 6) is 0.674. The Hall–Kier alpha value is -0.800. The van der Waals surface area contributed by atoms with Crippen LogP contribution in [0, 0.1) is 0 Å². The molecule has 1 aromatic rings. The number of benzene rings is 1. The van der Waals surface area contributed by atoms with Gasteiger partial charge >= 0.3 is 0 Å². The molecule has 0 spiro atoms. The van der Waals surface area contributed by atoms with Crippen molar-refractivity contribution in [3.8, 4) is 5.75 Å². The van der Waals surface area contributed by atoms with Crippen molar-refractivity contribution in [1.29, 1.82) is 0 Å². The SMILES string of the molecule is COc1cc(Cl)ccc1CC1(F)CCNCC1. The molecule has 1 aliphatic rings. The third kappa shape index (κ3) is 3.11. The molecule has 1 aliphatic heterocycles. The van der Waals surface area contributed by atoms with Crippen LogP contribution >= 0.6 is 11.6 Å². The lowest BCUT2D eigenvalue weighted by molar-refractivity contribution is 0.115. The molecule has 0 radical (unpaired) electrons. The molecule has 0 unspecified atom stereocenters. The van der Waals surface area contributed by atoms with Crippen LogP contribution in [-0.2, 0) is 6.42 Å². The Morgan fingerprint density at radius 1 is 1.41 bits per heavy atom. The Balaban J connectivity index is 2.17. The van der Waals surface area contributed by atoms with Gasteiger partial charge in [-0.25, -0.2) is 4.39 Å². The van der Waals surface area contributed by atoms with E-state index in [1.807, 2.05) is 6.07 Å². The van der Waals surface area contributed by atoms with E-state index in [4.69, 9.17) is 16.3 Å². The van der Waals surface area contributed by atoms with Crippen LogP contribution in [0.1, 0.15) is 18.4 Å². The van der Waals surface area contributed by atoms with Crippen LogP contribution in [0.15, 0.2) is 18.2 Å². The zero-order valence-electron chi connectivity index (χ0n) is 9.93. The van der Waals surface area contributed by atoms with Crippen molar-refractivity contribution in [2.24, 2.45) is 0 Å². The zero-order chi connectivity index (χ0) is 12.3. The first kappa shape index (κ1) is 12.7. The number of hydrogen-bond donors (Lipinski definition) is 1. The molecule has 1 saturated heterocycles. The Morgan fingerprint density at radius 2 is 2.12 bits per heavy atom. The van der Waals surface area contributed by atoms with E-state index in [1.165, 1.54) is 0 Å². The van der Waals surface area contributed by atoms with Crippen molar-refractivity contribution in [2.75, 3.05) is 20.2 Å². The second kappa shape index (κ2) is 5.23. The Labute approximate surface area is 106 Å². The molecule has 1 heterocycles. The Bertz CT molecular complexity index is 391. The van der Waals surface area contributed by atoms with Crippen LogP contribution in [0.5, 0.6) is 5.75 Å². The molecule has 1 fully saturated rings. The van der Waals surface area contributed by atoms with Crippen LogP contribution in [-0.4, -0.2) is 25.9 Å². The van der Waals surface area contributed by atoms with E-state index in [-0.39, 0.29) is 0 Å². The molecule has 17 heavy (non-hydrogen) atoms. The summed E-state index contributed by atoms with van der Waals surface area (Å²) in [5.41, 5.74) is -0.229. The quantitative estimate of drug-likeness (QED) is 0.899. The van der Waals surface area contributed by atoms with Crippen molar-refractivity contribution in [2.45, 2.75) is 24.9 Å². The van der Waals surface area contributed by atoms with Crippen LogP contribution in [0.2, 0.25) is 5.02 Å². The summed E-state index contributed by atoms with van der Waals surface area (Å²) in [5, 5.41) is 3.79. The van der Waals surface area contributed by atoms with E-state index in [0.29, 0.717) is 30.0 Å². The van der Waals surface area contributed by atoms with Crippen molar-refractivity contribution >= 4 is 11.6 Å². The maximum absolute atomic E-state index is 14.5. The number of piperidine rings is 1. The first-order chi connectivity index (χ1) is 8.13. The normalized spacial score (nSPS) is 19.0. The topological polar surface area (TPSA) is 21.3 Å². The molecule has 0 aromatic heterocycles. The minimum absolute atomic E-state index is 0.398. The molecule has 0 bridgehead atoms. The summed E-state index contributed by atoms with van der Waals surface area (Å²) in [6, 6.07) is 5.37. The lowest BCUT2D eigenvalue weighted by atomic mass is 9.87. The molecule has 0 amide bonds. The minimum atomic E-state index is -1.12. The summed E-state index contributed by atoms with van der Waals surface area (Å²) < 4.78 is 19.8. The van der Waals surface area contributed by atoms with Gasteiger partial charge in [0.1, 0.15) is 11.4 Å². The first-order valence-electron chi connectivity index (χ1n) is 5.85. The fourth-order valence-corrected chi connectivity index (χ4v) is 2.42. The van der Waals surface area contributed by atoms with Gasteiger partial charge in [-0.2, -0.15) is 0 Å². The van der Waals surface area contributed by atoms with Gasteiger partial charge in [0, 0.05) is 11.4 Å². The largest absolute Gasteiger partial charge is 0.496 e. The van der Waals surface area contributed by atoms with E-state index < -0.39 is 5.67 Å². The molecule has 0 aliphatic carbocycles. The van der Waals surface area contributed by atoms with Crippen LogP contribution in [0.3, 0.4) is 0 Å². The van der Waals surface area contributed by atoms with E-state index in [0.717, 1.165) is 18.7 Å². The second-order valence-electron chi connectivity index (χ2n) is 4.53. The molecular formula is C13H17ClFNO. The number of hydrogen-bond acceptors (Lipinski definition) is 2. The second-order valence-corrected chi connectivity index (χ2v) is 4.97. The maximum Gasteiger partial charge on any atom is 0.123 e. The number of halogens is 2. The van der Waals surface area contributed by atoms with Crippen LogP contribution in [0.4, 0.5) is 4.39 Å². The molecule has 0 atom stereocenters. The van der Waals surface area contributed by atoms with E-state index in [2.05, 4.69) is 5.32 Å². The van der Waals surface area contributed by atoms with Gasteiger partial charge in [-0.3, -0.25) is 0 Å². The summed E-state index contributed by atoms with van der Waals surface area (Å²) >= 11 is 5.89. The summed E-state index contributed by atoms with van der Waals surface area (Å²) in [6.45, 7) is 1.48. The molecule has 4 heteroatoms. The summed E-state index contributed by atoms with van der Waals surface area (Å²) in [7, 11) is 1.59. The van der Waals surface area contributed by atoms with E-state index >= 15 is 0 Å². The minimum Gasteiger partial charge on any atom is -0.496 e. The van der Waals surface area contributed by atoms with Gasteiger partial charge in [0.25, 0.3) is 0 Å². The van der Waals surface area contributed by atoms with Crippen molar-refractivity contribution < 1.29 is 9.13 Å². The van der Waals surface area contributed by atoms with Gasteiger partial charge < -0.3 is 10.1 Å². The standard InChI is InChI=1S/C13H17ClFNO/c1-17-12-8-11(14)3-2-10(12)9-13(15)4-6-16-7-5-13/h2-3,8,16H,4-7,9H2,1H3. The van der Waals surface area contributed by atoms with Gasteiger partial charge in [-0.1, -0.05) is 17.7 Å². The predicted molar refractivity (Wildman–Crippen MR) is 67.7 cm³/mol. The average molecular weight is 258 g/mol. The fraction of sp³-hybridized carbons (Fsp3) is 0.538. The number of ether oxygens (including phenoxy) is 1. The third-order valence-electron chi connectivity index (χ3n) is 3.26. The zero-order valence-corrected chi connectivity index (χ0v) is 10.7. The summed E-state index contributed by atoms with van der Waals surface area (Å²) in [4.78, 5) is 0. The number of nitrogens with one attached hydrogen (secondary N) is 1. The summed E-state index contributed by atoms with van der Waals surface area (Å²) in [6.07, 6.45) is 1.51. The Morgan fingerprint density at radius 3 is 2.76 bits per heavy atom. The van der Waals surface area contributed by atoms with Crippen molar-refractivity contribution in [3.63, 3.8) is 0 Å². The average Bonchev–Trinajstić information content (AvgIpc) is 2.32. The third-order valence-corrected chi connectivity index (χ3v) is 3.49. The van der Waals surface area contributed by atoms with Crippen LogP contribution in [0.25, 0.3) is 0 Å². The first-order valence-corrected chi connectivity index (χ1v) is 6.23. The molecule has 0 saturated carbocycles. The monoisotopic (exact) mass is 257 g/mol. The molecule has 2 nitrogen and oxygen atoms in total. The highest BCUT2D eigenvalue weighted by atomic mass is 35.5. The lowest BCUT2D eigenvalue weighted by Gasteiger charge is -2.30. The highest BCUT2D eigenvalue weighted by Crippen LogP contribution is 2.32. The smallest absolute Gasteiger partial charge is 0.123 e. The predicted octanol–water partition coefficient (Wildman–Crippen LogP) is 2.98. The molecular weight excluding hydrogens is 241 g/mol. The molecule has 1 aromatic carbocycles. The highest BCUT2D eigenvalue weighted by Gasteiger charge is 2.32. The highest BCUT2D eigenvalue weighted by molar-refractivity contribution is 6.30.